The van der Waals surface area contributed by atoms with Gasteiger partial charge in [-0.05, 0) is 43.6 Å². The van der Waals surface area contributed by atoms with Crippen LogP contribution in [0.3, 0.4) is 0 Å². The number of carbonyl (C=O) groups excluding carboxylic acids is 2. The average molecular weight is 433 g/mol. The van der Waals surface area contributed by atoms with E-state index >= 15 is 0 Å². The Kier molecular flexibility index (Phi) is 7.46. The zero-order valence-corrected chi connectivity index (χ0v) is 18.1. The van der Waals surface area contributed by atoms with Crippen LogP contribution in [0.4, 0.5) is 5.69 Å². The molecule has 0 unspecified atom stereocenters. The molecule has 30 heavy (non-hydrogen) atoms. The summed E-state index contributed by atoms with van der Waals surface area (Å²) in [5.74, 6) is 2.80. The van der Waals surface area contributed by atoms with Gasteiger partial charge in [0.2, 0.25) is 0 Å². The number of halogens is 1. The van der Waals surface area contributed by atoms with E-state index in [-0.39, 0.29) is 17.9 Å². The molecule has 3 N–H and O–H groups in total. The standard InChI is InChI=1S/C22H29ClN4O3/c1-3-21(28)27-10-4-15(5-11-27)14-26-8-6-16(7-9-26)25-22(29)17-12-18(23)19(24)13-20(17)30-2/h1,12-13,15-16H,4-11,14,24H2,2H3,(H,25,29). The topological polar surface area (TPSA) is 87.9 Å². The SMILES string of the molecule is C#CC(=O)N1CCC(CN2CCC(NC(=O)c3cc(Cl)c(N)cc3OC)CC2)CC1. The number of nitrogen functional groups attached to an aromatic ring is 1. The van der Waals surface area contributed by atoms with Crippen LogP contribution in [0.5, 0.6) is 5.75 Å². The van der Waals surface area contributed by atoms with Crippen molar-refractivity contribution >= 4 is 29.1 Å². The highest BCUT2D eigenvalue weighted by Gasteiger charge is 2.27. The minimum Gasteiger partial charge on any atom is -0.496 e. The third-order valence-electron chi connectivity index (χ3n) is 6.03. The molecule has 162 valence electrons. The van der Waals surface area contributed by atoms with Crippen LogP contribution in [0.2, 0.25) is 5.02 Å². The van der Waals surface area contributed by atoms with Crippen LogP contribution >= 0.6 is 11.6 Å². The summed E-state index contributed by atoms with van der Waals surface area (Å²) in [5.41, 5.74) is 6.57. The first kappa shape index (κ1) is 22.3. The van der Waals surface area contributed by atoms with Gasteiger partial charge in [-0.1, -0.05) is 11.6 Å². The fraction of sp³-hybridized carbons (Fsp3) is 0.545. The van der Waals surface area contributed by atoms with Gasteiger partial charge in [-0.15, -0.1) is 6.42 Å². The van der Waals surface area contributed by atoms with Gasteiger partial charge < -0.3 is 25.6 Å². The van der Waals surface area contributed by atoms with Crippen LogP contribution < -0.4 is 15.8 Å². The number of amides is 2. The summed E-state index contributed by atoms with van der Waals surface area (Å²) in [6.07, 6.45) is 8.97. The maximum absolute atomic E-state index is 12.7. The molecule has 0 bridgehead atoms. The van der Waals surface area contributed by atoms with Gasteiger partial charge in [-0.25, -0.2) is 0 Å². The van der Waals surface area contributed by atoms with Crippen molar-refractivity contribution in [2.45, 2.75) is 31.7 Å². The first-order valence-corrected chi connectivity index (χ1v) is 10.7. The number of benzene rings is 1. The van der Waals surface area contributed by atoms with Crippen LogP contribution in [0.15, 0.2) is 12.1 Å². The fourth-order valence-corrected chi connectivity index (χ4v) is 4.38. The number of ether oxygens (including phenoxy) is 1. The van der Waals surface area contributed by atoms with E-state index in [1.165, 1.54) is 7.11 Å². The lowest BCUT2D eigenvalue weighted by molar-refractivity contribution is -0.126. The Morgan fingerprint density at radius 2 is 1.90 bits per heavy atom. The molecule has 2 aliphatic rings. The molecule has 0 spiro atoms. The molecule has 0 radical (unpaired) electrons. The number of likely N-dealkylation sites (tertiary alicyclic amines) is 2. The molecule has 3 rings (SSSR count). The molecular weight excluding hydrogens is 404 g/mol. The van der Waals surface area contributed by atoms with Crippen LogP contribution in [0.1, 0.15) is 36.0 Å². The number of nitrogens with zero attached hydrogens (tertiary/aromatic N) is 2. The summed E-state index contributed by atoms with van der Waals surface area (Å²) in [6, 6.07) is 3.24. The predicted molar refractivity (Wildman–Crippen MR) is 117 cm³/mol. The molecule has 8 heteroatoms. The Labute approximate surface area is 182 Å². The van der Waals surface area contributed by atoms with Gasteiger partial charge in [0.25, 0.3) is 11.8 Å². The Balaban J connectivity index is 1.45. The molecule has 2 amide bonds. The van der Waals surface area contributed by atoms with E-state index < -0.39 is 0 Å². The Hall–Kier alpha value is -2.43. The lowest BCUT2D eigenvalue weighted by atomic mass is 9.94. The van der Waals surface area contributed by atoms with Crippen molar-refractivity contribution < 1.29 is 14.3 Å². The van der Waals surface area contributed by atoms with Crippen LogP contribution in [-0.2, 0) is 4.79 Å². The third kappa shape index (κ3) is 5.38. The van der Waals surface area contributed by atoms with Gasteiger partial charge in [-0.3, -0.25) is 9.59 Å². The molecule has 1 aromatic rings. The summed E-state index contributed by atoms with van der Waals surface area (Å²) in [6.45, 7) is 4.39. The number of terminal acetylenes is 1. The second-order valence-corrected chi connectivity index (χ2v) is 8.41. The van der Waals surface area contributed by atoms with E-state index in [0.717, 1.165) is 58.4 Å². The number of rotatable bonds is 5. The molecule has 7 nitrogen and oxygen atoms in total. The molecule has 0 aromatic heterocycles. The van der Waals surface area contributed by atoms with Crippen LogP contribution in [0.25, 0.3) is 0 Å². The smallest absolute Gasteiger partial charge is 0.298 e. The van der Waals surface area contributed by atoms with Crippen LogP contribution in [-0.4, -0.2) is 67.5 Å². The number of nitrogens with one attached hydrogen (secondary N) is 1. The highest BCUT2D eigenvalue weighted by atomic mass is 35.5. The number of carbonyl (C=O) groups is 2. The first-order valence-electron chi connectivity index (χ1n) is 10.3. The van der Waals surface area contributed by atoms with E-state index in [0.29, 0.717) is 27.9 Å². The number of piperidine rings is 2. The zero-order chi connectivity index (χ0) is 21.7. The summed E-state index contributed by atoms with van der Waals surface area (Å²) in [5, 5.41) is 3.44. The lowest BCUT2D eigenvalue weighted by Gasteiger charge is -2.37. The number of hydrogen-bond acceptors (Lipinski definition) is 5. The van der Waals surface area contributed by atoms with Crippen molar-refractivity contribution in [3.63, 3.8) is 0 Å². The van der Waals surface area contributed by atoms with E-state index in [9.17, 15) is 9.59 Å². The largest absolute Gasteiger partial charge is 0.496 e. The van der Waals surface area contributed by atoms with E-state index in [1.807, 2.05) is 0 Å². The predicted octanol–water partition coefficient (Wildman–Crippen LogP) is 2.00. The minimum atomic E-state index is -0.205. The average Bonchev–Trinajstić information content (AvgIpc) is 2.76. The number of nitrogens with two attached hydrogens (primary N) is 1. The van der Waals surface area contributed by atoms with Crippen molar-refractivity contribution in [1.82, 2.24) is 15.1 Å². The molecule has 2 aliphatic heterocycles. The zero-order valence-electron chi connectivity index (χ0n) is 17.3. The molecule has 0 aliphatic carbocycles. The number of methoxy groups -OCH3 is 1. The van der Waals surface area contributed by atoms with Crippen molar-refractivity contribution in [2.24, 2.45) is 5.92 Å². The second-order valence-electron chi connectivity index (χ2n) is 8.00. The monoisotopic (exact) mass is 432 g/mol. The fourth-order valence-electron chi connectivity index (χ4n) is 4.21. The molecule has 0 saturated carbocycles. The third-order valence-corrected chi connectivity index (χ3v) is 6.36. The maximum Gasteiger partial charge on any atom is 0.298 e. The summed E-state index contributed by atoms with van der Waals surface area (Å²) in [4.78, 5) is 28.5. The van der Waals surface area contributed by atoms with Gasteiger partial charge in [0, 0.05) is 44.8 Å². The number of anilines is 1. The molecule has 2 fully saturated rings. The Morgan fingerprint density at radius 1 is 1.23 bits per heavy atom. The Bertz CT molecular complexity index is 822. The second kappa shape index (κ2) is 10.1. The van der Waals surface area contributed by atoms with E-state index in [2.05, 4.69) is 16.1 Å². The van der Waals surface area contributed by atoms with E-state index in [1.54, 1.807) is 17.0 Å². The molecule has 0 atom stereocenters. The summed E-state index contributed by atoms with van der Waals surface area (Å²) in [7, 11) is 1.50. The lowest BCUT2D eigenvalue weighted by Crippen LogP contribution is -2.47. The highest BCUT2D eigenvalue weighted by Crippen LogP contribution is 2.29. The molecule has 2 saturated heterocycles. The number of hydrogen-bond donors (Lipinski definition) is 2. The quantitative estimate of drug-likeness (QED) is 0.548. The van der Waals surface area contributed by atoms with Crippen molar-refractivity contribution in [1.29, 1.82) is 0 Å². The highest BCUT2D eigenvalue weighted by molar-refractivity contribution is 6.33. The van der Waals surface area contributed by atoms with Crippen LogP contribution in [0, 0.1) is 18.3 Å². The molecular formula is C22H29ClN4O3. The maximum atomic E-state index is 12.7. The molecule has 2 heterocycles. The van der Waals surface area contributed by atoms with Crippen molar-refractivity contribution in [3.05, 3.63) is 22.7 Å². The van der Waals surface area contributed by atoms with Crippen molar-refractivity contribution in [3.8, 4) is 18.1 Å². The van der Waals surface area contributed by atoms with Crippen molar-refractivity contribution in [2.75, 3.05) is 45.6 Å². The van der Waals surface area contributed by atoms with Gasteiger partial charge in [0.05, 0.1) is 23.4 Å². The first-order chi connectivity index (χ1) is 14.4. The van der Waals surface area contributed by atoms with E-state index in [4.69, 9.17) is 28.5 Å². The summed E-state index contributed by atoms with van der Waals surface area (Å²) < 4.78 is 5.28. The van der Waals surface area contributed by atoms with Gasteiger partial charge >= 0.3 is 0 Å². The van der Waals surface area contributed by atoms with Gasteiger partial charge in [0.15, 0.2) is 0 Å². The molecule has 1 aromatic carbocycles. The van der Waals surface area contributed by atoms with Gasteiger partial charge in [-0.2, -0.15) is 0 Å². The normalized spacial score (nSPS) is 18.6. The Morgan fingerprint density at radius 3 is 2.50 bits per heavy atom. The van der Waals surface area contributed by atoms with Gasteiger partial charge in [0.1, 0.15) is 5.75 Å². The minimum absolute atomic E-state index is 0.116. The summed E-state index contributed by atoms with van der Waals surface area (Å²) >= 11 is 6.08.